The van der Waals surface area contributed by atoms with E-state index in [9.17, 15) is 34.5 Å². The predicted octanol–water partition coefficient (Wildman–Crippen LogP) is 14.3. The first-order valence-electron chi connectivity index (χ1n) is 28.6. The van der Waals surface area contributed by atoms with E-state index in [-0.39, 0.29) is 25.9 Å². The molecule has 0 radical (unpaired) electrons. The summed E-state index contributed by atoms with van der Waals surface area (Å²) in [5.74, 6) is -3.25. The molecule has 0 aliphatic carbocycles. The highest BCUT2D eigenvalue weighted by Crippen LogP contribution is 2.26. The van der Waals surface area contributed by atoms with Crippen LogP contribution in [0.25, 0.3) is 0 Å². The zero-order valence-electron chi connectivity index (χ0n) is 45.6. The second-order valence-corrected chi connectivity index (χ2v) is 19.2. The lowest BCUT2D eigenvalue weighted by Crippen LogP contribution is -2.61. The van der Waals surface area contributed by atoms with E-state index in [4.69, 9.17) is 23.7 Å². The molecule has 0 saturated carbocycles. The summed E-state index contributed by atoms with van der Waals surface area (Å²) in [6, 6.07) is 0. The Morgan fingerprint density at radius 1 is 0.466 bits per heavy atom. The second-order valence-electron chi connectivity index (χ2n) is 19.2. The Morgan fingerprint density at radius 3 is 1.37 bits per heavy atom. The minimum atomic E-state index is -1.92. The predicted molar refractivity (Wildman–Crippen MR) is 294 cm³/mol. The van der Waals surface area contributed by atoms with Crippen molar-refractivity contribution in [1.29, 1.82) is 0 Å². The van der Waals surface area contributed by atoms with Gasteiger partial charge in [0.25, 0.3) is 0 Å². The van der Waals surface area contributed by atoms with Crippen molar-refractivity contribution in [3.05, 3.63) is 85.1 Å². The van der Waals surface area contributed by atoms with Gasteiger partial charge in [0.15, 0.2) is 24.6 Å². The van der Waals surface area contributed by atoms with Gasteiger partial charge in [-0.25, -0.2) is 4.79 Å². The summed E-state index contributed by atoms with van der Waals surface area (Å²) in [5, 5.41) is 31.4. The molecule has 12 heteroatoms. The van der Waals surface area contributed by atoms with Crippen LogP contribution in [-0.4, -0.2) is 89.2 Å². The molecule has 1 aliphatic heterocycles. The molecule has 6 unspecified atom stereocenters. The van der Waals surface area contributed by atoms with E-state index in [1.807, 2.05) is 12.2 Å². The van der Waals surface area contributed by atoms with Gasteiger partial charge >= 0.3 is 23.9 Å². The third-order valence-corrected chi connectivity index (χ3v) is 12.5. The number of hydrogen-bond acceptors (Lipinski definition) is 11. The molecule has 0 spiro atoms. The number of aliphatic hydroxyl groups excluding tert-OH is 2. The van der Waals surface area contributed by atoms with Gasteiger partial charge in [0.05, 0.1) is 6.61 Å². The normalized spacial score (nSPS) is 18.9. The van der Waals surface area contributed by atoms with Crippen molar-refractivity contribution in [2.45, 2.75) is 263 Å². The number of carboxylic acids is 1. The zero-order chi connectivity index (χ0) is 53.3. The van der Waals surface area contributed by atoms with Crippen LogP contribution in [0.4, 0.5) is 0 Å². The fourth-order valence-electron chi connectivity index (χ4n) is 8.16. The molecular formula is C61H100O12. The Kier molecular flexibility index (Phi) is 44.7. The lowest BCUT2D eigenvalue weighted by Gasteiger charge is -2.40. The van der Waals surface area contributed by atoms with Gasteiger partial charge in [-0.05, 0) is 77.0 Å². The number of allylic oxidation sites excluding steroid dienone is 14. The molecule has 1 aliphatic rings. The minimum Gasteiger partial charge on any atom is -0.479 e. The van der Waals surface area contributed by atoms with E-state index < -0.39 is 67.3 Å². The largest absolute Gasteiger partial charge is 0.479 e. The van der Waals surface area contributed by atoms with Gasteiger partial charge in [-0.1, -0.05) is 215 Å². The number of ether oxygens (including phenoxy) is 5. The minimum absolute atomic E-state index is 0.0356. The van der Waals surface area contributed by atoms with Crippen molar-refractivity contribution < 1.29 is 58.2 Å². The molecule has 73 heavy (non-hydrogen) atoms. The molecule has 0 aromatic rings. The molecule has 0 aromatic carbocycles. The second kappa shape index (κ2) is 48.8. The van der Waals surface area contributed by atoms with Crippen LogP contribution >= 0.6 is 0 Å². The Bertz CT molecular complexity index is 1590. The van der Waals surface area contributed by atoms with Crippen LogP contribution in [0.2, 0.25) is 0 Å². The average molecular weight is 1030 g/mol. The van der Waals surface area contributed by atoms with Gasteiger partial charge in [0.1, 0.15) is 18.8 Å². The van der Waals surface area contributed by atoms with Crippen molar-refractivity contribution in [2.75, 3.05) is 13.2 Å². The number of aliphatic carboxylic acids is 1. The molecule has 0 amide bonds. The van der Waals surface area contributed by atoms with E-state index in [0.717, 1.165) is 96.3 Å². The number of hydrogen-bond donors (Lipinski definition) is 3. The summed E-state index contributed by atoms with van der Waals surface area (Å²) >= 11 is 0. The molecule has 12 nitrogen and oxygen atoms in total. The van der Waals surface area contributed by atoms with E-state index in [0.29, 0.717) is 25.7 Å². The molecule has 1 saturated heterocycles. The van der Waals surface area contributed by atoms with Gasteiger partial charge in [-0.3, -0.25) is 14.4 Å². The van der Waals surface area contributed by atoms with Gasteiger partial charge in [-0.2, -0.15) is 0 Å². The van der Waals surface area contributed by atoms with Gasteiger partial charge in [-0.15, -0.1) is 0 Å². The highest BCUT2D eigenvalue weighted by atomic mass is 16.7. The SMILES string of the molecule is CC/C=C\C/C=C\C/C=C\C/C=C\CCC(=O)OC(COC(=O)CCCCCCC/C=C\C/C=C\C/C=C\CC)COC1OC(C(=O)O)C(O)C(O)C1OC(=O)CCCCCCCCCCCCCCCCC. The highest BCUT2D eigenvalue weighted by molar-refractivity contribution is 5.74. The molecule has 6 atom stereocenters. The number of carbonyl (C=O) groups excluding carboxylic acids is 3. The summed E-state index contributed by atoms with van der Waals surface area (Å²) in [6.45, 7) is 5.68. The number of carboxylic acid groups (broad SMARTS) is 1. The van der Waals surface area contributed by atoms with Crippen LogP contribution in [0.5, 0.6) is 0 Å². The Balaban J connectivity index is 2.74. The third-order valence-electron chi connectivity index (χ3n) is 12.5. The first kappa shape index (κ1) is 66.9. The summed E-state index contributed by atoms with van der Waals surface area (Å²) in [6.07, 6.45) is 50.0. The van der Waals surface area contributed by atoms with Crippen molar-refractivity contribution >= 4 is 23.9 Å². The van der Waals surface area contributed by atoms with E-state index >= 15 is 0 Å². The molecule has 3 N–H and O–H groups in total. The summed E-state index contributed by atoms with van der Waals surface area (Å²) in [7, 11) is 0. The summed E-state index contributed by atoms with van der Waals surface area (Å²) in [5.41, 5.74) is 0. The van der Waals surface area contributed by atoms with E-state index in [2.05, 4.69) is 93.7 Å². The first-order valence-corrected chi connectivity index (χ1v) is 28.6. The smallest absolute Gasteiger partial charge is 0.335 e. The fourth-order valence-corrected chi connectivity index (χ4v) is 8.16. The van der Waals surface area contributed by atoms with Crippen molar-refractivity contribution in [3.8, 4) is 0 Å². The number of rotatable bonds is 47. The van der Waals surface area contributed by atoms with E-state index in [1.54, 1.807) is 0 Å². The van der Waals surface area contributed by atoms with Gasteiger partial charge < -0.3 is 39.0 Å². The molecule has 1 fully saturated rings. The van der Waals surface area contributed by atoms with Crippen molar-refractivity contribution in [2.24, 2.45) is 0 Å². The maximum absolute atomic E-state index is 13.1. The third kappa shape index (κ3) is 39.0. The molecule has 416 valence electrons. The highest BCUT2D eigenvalue weighted by Gasteiger charge is 2.50. The number of carbonyl (C=O) groups is 4. The van der Waals surface area contributed by atoms with Crippen molar-refractivity contribution in [1.82, 2.24) is 0 Å². The molecule has 1 heterocycles. The zero-order valence-corrected chi connectivity index (χ0v) is 45.6. The summed E-state index contributed by atoms with van der Waals surface area (Å²) < 4.78 is 28.3. The fraction of sp³-hybridized carbons (Fsp3) is 0.705. The number of aliphatic hydroxyl groups is 2. The monoisotopic (exact) mass is 1020 g/mol. The van der Waals surface area contributed by atoms with Crippen LogP contribution in [0, 0.1) is 0 Å². The molecule has 0 bridgehead atoms. The van der Waals surface area contributed by atoms with E-state index in [1.165, 1.54) is 64.2 Å². The van der Waals surface area contributed by atoms with Crippen LogP contribution < -0.4 is 0 Å². The Morgan fingerprint density at radius 2 is 0.890 bits per heavy atom. The standard InChI is InChI=1S/C61H100O12/c1-4-7-10-13-16-19-22-25-27-30-32-35-38-41-44-47-53(62)69-50-52(71-54(63)48-45-42-39-36-33-29-24-21-18-15-12-9-6-3)51-70-61-59(57(66)56(65)58(73-61)60(67)68)72-55(64)49-46-43-40-37-34-31-28-26-23-20-17-14-11-8-5-2/h7,9-10,12,16,18-19,21,25,27,29,33,39,42,52,56-59,61,65-66H,4-6,8,11,13-15,17,20,22-24,26,28,30-32,34-38,40-41,43-51H2,1-3H3,(H,67,68)/b10-7-,12-9-,19-16-,21-18-,27-25-,33-29-,42-39-. The molecule has 1 rings (SSSR count). The van der Waals surface area contributed by atoms with Crippen molar-refractivity contribution in [3.63, 3.8) is 0 Å². The quantitative estimate of drug-likeness (QED) is 0.0228. The van der Waals surface area contributed by atoms with Gasteiger partial charge in [0, 0.05) is 19.3 Å². The van der Waals surface area contributed by atoms with Gasteiger partial charge in [0.2, 0.25) is 0 Å². The van der Waals surface area contributed by atoms with Crippen LogP contribution in [0.1, 0.15) is 226 Å². The molecule has 0 aromatic heterocycles. The lowest BCUT2D eigenvalue weighted by atomic mass is 9.98. The lowest BCUT2D eigenvalue weighted by molar-refractivity contribution is -0.301. The number of unbranched alkanes of at least 4 members (excludes halogenated alkanes) is 19. The summed E-state index contributed by atoms with van der Waals surface area (Å²) in [4.78, 5) is 51.0. The van der Waals surface area contributed by atoms with Crippen LogP contribution in [-0.2, 0) is 42.9 Å². The maximum atomic E-state index is 13.1. The molecular weight excluding hydrogens is 925 g/mol. The van der Waals surface area contributed by atoms with Crippen LogP contribution in [0.3, 0.4) is 0 Å². The Hall–Kier alpha value is -4.10. The van der Waals surface area contributed by atoms with Crippen LogP contribution in [0.15, 0.2) is 85.1 Å². The maximum Gasteiger partial charge on any atom is 0.335 e. The topological polar surface area (TPSA) is 175 Å². The number of esters is 3. The Labute approximate surface area is 441 Å². The average Bonchev–Trinajstić information content (AvgIpc) is 3.37. The first-order chi connectivity index (χ1) is 35.6.